The Bertz CT molecular complexity index is 819. The van der Waals surface area contributed by atoms with E-state index < -0.39 is 5.69 Å². The van der Waals surface area contributed by atoms with E-state index in [1.54, 1.807) is 4.57 Å². The molecule has 0 aliphatic heterocycles. The van der Waals surface area contributed by atoms with Crippen molar-refractivity contribution < 1.29 is 0 Å². The van der Waals surface area contributed by atoms with Crippen LogP contribution in [0, 0.1) is 12.3 Å². The van der Waals surface area contributed by atoms with E-state index in [1.165, 1.54) is 10.6 Å². The van der Waals surface area contributed by atoms with Crippen molar-refractivity contribution in [3.8, 4) is 18.0 Å². The van der Waals surface area contributed by atoms with Crippen LogP contribution in [0.15, 0.2) is 23.0 Å². The number of rotatable bonds is 6. The predicted molar refractivity (Wildman–Crippen MR) is 96.1 cm³/mol. The van der Waals surface area contributed by atoms with Gasteiger partial charge in [0, 0.05) is 6.42 Å². The smallest absolute Gasteiger partial charge is 0.266 e. The van der Waals surface area contributed by atoms with Gasteiger partial charge in [-0.2, -0.15) is 9.97 Å². The maximum absolute atomic E-state index is 12.7. The molecule has 2 rings (SSSR count). The monoisotopic (exact) mass is 325 g/mol. The van der Waals surface area contributed by atoms with Crippen molar-refractivity contribution >= 4 is 5.95 Å². The lowest BCUT2D eigenvalue weighted by Gasteiger charge is -2.19. The minimum Gasteiger partial charge on any atom is -0.266 e. The van der Waals surface area contributed by atoms with Crippen molar-refractivity contribution in [2.24, 2.45) is 5.84 Å². The zero-order valence-corrected chi connectivity index (χ0v) is 14.4. The van der Waals surface area contributed by atoms with E-state index >= 15 is 0 Å². The average molecular weight is 325 g/mol. The summed E-state index contributed by atoms with van der Waals surface area (Å²) >= 11 is 0. The van der Waals surface area contributed by atoms with Gasteiger partial charge in [-0.05, 0) is 30.0 Å². The van der Waals surface area contributed by atoms with Crippen LogP contribution in [-0.4, -0.2) is 21.1 Å². The summed E-state index contributed by atoms with van der Waals surface area (Å²) in [6, 6.07) is 5.98. The molecule has 1 aromatic carbocycles. The molecule has 0 saturated carbocycles. The zero-order chi connectivity index (χ0) is 17.7. The van der Waals surface area contributed by atoms with Gasteiger partial charge in [-0.1, -0.05) is 38.8 Å². The fourth-order valence-electron chi connectivity index (χ4n) is 2.78. The van der Waals surface area contributed by atoms with Gasteiger partial charge in [-0.15, -0.1) is 6.42 Å². The molecule has 126 valence electrons. The molecule has 2 N–H and O–H groups in total. The summed E-state index contributed by atoms with van der Waals surface area (Å²) in [5.74, 6) is 8.98. The summed E-state index contributed by atoms with van der Waals surface area (Å²) in [5, 5.41) is 1.20. The summed E-state index contributed by atoms with van der Waals surface area (Å²) in [6.07, 6.45) is 7.57. The van der Waals surface area contributed by atoms with Gasteiger partial charge in [0.2, 0.25) is 5.95 Å². The third kappa shape index (κ3) is 3.31. The van der Waals surface area contributed by atoms with E-state index in [0.29, 0.717) is 12.2 Å². The van der Waals surface area contributed by atoms with Gasteiger partial charge in [-0.25, -0.2) is 15.2 Å². The molecule has 0 unspecified atom stereocenters. The predicted octanol–water partition coefficient (Wildman–Crippen LogP) is 1.63. The first-order valence-corrected chi connectivity index (χ1v) is 8.14. The first-order valence-electron chi connectivity index (χ1n) is 8.14. The van der Waals surface area contributed by atoms with E-state index in [4.69, 9.17) is 12.3 Å². The van der Waals surface area contributed by atoms with Gasteiger partial charge in [0.25, 0.3) is 0 Å². The molecular formula is C18H23N5O. The number of nitrogens with zero attached hydrogens (tertiary/aromatic N) is 4. The van der Waals surface area contributed by atoms with Crippen LogP contribution in [0.4, 0.5) is 5.95 Å². The lowest BCUT2D eigenvalue weighted by atomic mass is 10.0. The first kappa shape index (κ1) is 17.7. The standard InChI is InChI=1S/C18H23N5O/c1-5-12-22(19)17-20-16(8-4)23(18(24)21-17)15-11-9-10-13(6-2)14(15)7-3/h1,9-11H,6-8,12,19H2,2-4H3. The van der Waals surface area contributed by atoms with Crippen LogP contribution in [0.2, 0.25) is 0 Å². The molecule has 1 heterocycles. The molecule has 24 heavy (non-hydrogen) atoms. The molecule has 6 nitrogen and oxygen atoms in total. The average Bonchev–Trinajstić information content (AvgIpc) is 2.60. The molecular weight excluding hydrogens is 302 g/mol. The minimum atomic E-state index is -0.396. The molecule has 0 aliphatic rings. The Morgan fingerprint density at radius 2 is 1.96 bits per heavy atom. The van der Waals surface area contributed by atoms with Gasteiger partial charge in [-0.3, -0.25) is 5.01 Å². The van der Waals surface area contributed by atoms with Crippen molar-refractivity contribution in [1.82, 2.24) is 14.5 Å². The van der Waals surface area contributed by atoms with Crippen molar-refractivity contribution in [3.63, 3.8) is 0 Å². The Morgan fingerprint density at radius 3 is 2.54 bits per heavy atom. The lowest BCUT2D eigenvalue weighted by molar-refractivity contribution is 0.736. The third-order valence-corrected chi connectivity index (χ3v) is 3.93. The fourth-order valence-corrected chi connectivity index (χ4v) is 2.78. The number of aryl methyl sites for hydroxylation is 2. The molecule has 0 amide bonds. The number of hydrogen-bond acceptors (Lipinski definition) is 5. The van der Waals surface area contributed by atoms with Gasteiger partial charge in [0.15, 0.2) is 0 Å². The SMILES string of the molecule is C#CCN(N)c1nc(CC)n(-c2cccc(CC)c2CC)c(=O)n1. The highest BCUT2D eigenvalue weighted by Crippen LogP contribution is 2.21. The van der Waals surface area contributed by atoms with Crippen molar-refractivity contribution in [3.05, 3.63) is 45.6 Å². The van der Waals surface area contributed by atoms with E-state index in [0.717, 1.165) is 24.1 Å². The maximum atomic E-state index is 12.7. The molecule has 6 heteroatoms. The molecule has 0 radical (unpaired) electrons. The molecule has 0 fully saturated rings. The summed E-state index contributed by atoms with van der Waals surface area (Å²) in [7, 11) is 0. The molecule has 0 spiro atoms. The Morgan fingerprint density at radius 1 is 1.21 bits per heavy atom. The topological polar surface area (TPSA) is 77.0 Å². The Labute approximate surface area is 142 Å². The molecule has 0 atom stereocenters. The van der Waals surface area contributed by atoms with Gasteiger partial charge in [0.05, 0.1) is 12.2 Å². The second kappa shape index (κ2) is 7.75. The van der Waals surface area contributed by atoms with Crippen molar-refractivity contribution in [1.29, 1.82) is 0 Å². The van der Waals surface area contributed by atoms with E-state index in [1.807, 2.05) is 19.1 Å². The van der Waals surface area contributed by atoms with E-state index in [9.17, 15) is 4.79 Å². The van der Waals surface area contributed by atoms with Gasteiger partial charge < -0.3 is 0 Å². The molecule has 0 bridgehead atoms. The van der Waals surface area contributed by atoms with Crippen molar-refractivity contribution in [2.75, 3.05) is 11.6 Å². The fraction of sp³-hybridized carbons (Fsp3) is 0.389. The second-order valence-electron chi connectivity index (χ2n) is 5.37. The van der Waals surface area contributed by atoms with Gasteiger partial charge in [0.1, 0.15) is 5.82 Å². The highest BCUT2D eigenvalue weighted by atomic mass is 16.1. The maximum Gasteiger partial charge on any atom is 0.356 e. The second-order valence-corrected chi connectivity index (χ2v) is 5.37. The Balaban J connectivity index is 2.68. The van der Waals surface area contributed by atoms with E-state index in [-0.39, 0.29) is 12.5 Å². The molecule has 0 saturated heterocycles. The third-order valence-electron chi connectivity index (χ3n) is 3.93. The van der Waals surface area contributed by atoms with Crippen LogP contribution in [0.1, 0.15) is 37.7 Å². The lowest BCUT2D eigenvalue weighted by Crippen LogP contribution is -2.37. The van der Waals surface area contributed by atoms with Gasteiger partial charge >= 0.3 is 5.69 Å². The molecule has 1 aromatic heterocycles. The largest absolute Gasteiger partial charge is 0.356 e. The summed E-state index contributed by atoms with van der Waals surface area (Å²) in [4.78, 5) is 21.1. The van der Waals surface area contributed by atoms with Crippen molar-refractivity contribution in [2.45, 2.75) is 40.0 Å². The highest BCUT2D eigenvalue weighted by molar-refractivity contribution is 5.47. The minimum absolute atomic E-state index is 0.137. The van der Waals surface area contributed by atoms with Crippen LogP contribution in [0.3, 0.4) is 0 Å². The van der Waals surface area contributed by atoms with Crippen LogP contribution >= 0.6 is 0 Å². The summed E-state index contributed by atoms with van der Waals surface area (Å²) < 4.78 is 1.57. The number of aromatic nitrogens is 3. The quantitative estimate of drug-likeness (QED) is 0.496. The number of benzene rings is 1. The summed E-state index contributed by atoms with van der Waals surface area (Å²) in [5.41, 5.74) is 2.81. The number of anilines is 1. The Kier molecular flexibility index (Phi) is 5.72. The van der Waals surface area contributed by atoms with Crippen LogP contribution in [0.25, 0.3) is 5.69 Å². The highest BCUT2D eigenvalue weighted by Gasteiger charge is 2.16. The normalized spacial score (nSPS) is 10.5. The van der Waals surface area contributed by atoms with Crippen LogP contribution in [0.5, 0.6) is 0 Å². The number of terminal acetylenes is 1. The van der Waals surface area contributed by atoms with E-state index in [2.05, 4.69) is 35.8 Å². The Hall–Kier alpha value is -2.65. The molecule has 0 aliphatic carbocycles. The first-order chi connectivity index (χ1) is 11.6. The van der Waals surface area contributed by atoms with Crippen LogP contribution < -0.4 is 16.5 Å². The number of hydrazine groups is 1. The number of nitrogens with two attached hydrogens (primary N) is 1. The number of hydrogen-bond donors (Lipinski definition) is 1. The zero-order valence-electron chi connectivity index (χ0n) is 14.4. The molecule has 2 aromatic rings. The summed E-state index contributed by atoms with van der Waals surface area (Å²) in [6.45, 7) is 6.27. The van der Waals surface area contributed by atoms with Crippen LogP contribution in [-0.2, 0) is 19.3 Å².